The summed E-state index contributed by atoms with van der Waals surface area (Å²) in [4.78, 5) is 0. The third kappa shape index (κ3) is 8.12. The fraction of sp³-hybridized carbons (Fsp3) is 1.00. The van der Waals surface area contributed by atoms with Gasteiger partial charge in [0.25, 0.3) is 0 Å². The lowest BCUT2D eigenvalue weighted by molar-refractivity contribution is -0.310. The average molecular weight is 696 g/mol. The second-order valence-corrected chi connectivity index (χ2v) is 12.8. The van der Waals surface area contributed by atoms with Gasteiger partial charge >= 0.3 is 10.4 Å². The average Bonchev–Trinajstić information content (AvgIpc) is 3.29. The van der Waals surface area contributed by atoms with Gasteiger partial charge in [0.1, 0.15) is 67.1 Å². The third-order valence-electron chi connectivity index (χ3n) is 8.52. The summed E-state index contributed by atoms with van der Waals surface area (Å²) in [5, 5.41) is 73.3. The molecule has 0 amide bonds. The van der Waals surface area contributed by atoms with Crippen molar-refractivity contribution in [2.45, 2.75) is 123 Å². The van der Waals surface area contributed by atoms with E-state index < -0.39 is 140 Å². The summed E-state index contributed by atoms with van der Waals surface area (Å²) < 4.78 is 69.5. The molecule has 270 valence electrons. The highest BCUT2D eigenvalue weighted by Gasteiger charge is 2.54. The van der Waals surface area contributed by atoms with Crippen molar-refractivity contribution in [2.24, 2.45) is 28.7 Å². The van der Waals surface area contributed by atoms with E-state index in [2.05, 4.69) is 4.18 Å². The molecule has 0 radical (unpaired) electrons. The molecule has 3 heterocycles. The Kier molecular flexibility index (Phi) is 12.7. The molecule has 0 unspecified atom stereocenters. The summed E-state index contributed by atoms with van der Waals surface area (Å²) in [6, 6.07) is -4.71. The first kappa shape index (κ1) is 38.0. The SMILES string of the molecule is NC[C@@H]1O[C@H](O[C@H]2[C@@H](O)[C@H](O[C@@H]3[C@@H](O)[C@H](N)C[C@H](N)[C@H]3O[C@H]3O[C@H](COS(=O)(=O)O)[C@@H](O)[C@H](O)[C@H]3N)O[C@@H]2CO)[C@H](N)[C@@H](O)[C@@H]1O. The van der Waals surface area contributed by atoms with Crippen molar-refractivity contribution in [3.8, 4) is 0 Å². The second kappa shape index (κ2) is 15.4. The predicted octanol–water partition coefficient (Wildman–Crippen LogP) is -9.03. The largest absolute Gasteiger partial charge is 0.397 e. The maximum Gasteiger partial charge on any atom is 0.397 e. The van der Waals surface area contributed by atoms with Crippen LogP contribution in [-0.2, 0) is 43.0 Å². The quantitative estimate of drug-likeness (QED) is 0.0892. The van der Waals surface area contributed by atoms with Gasteiger partial charge in [-0.2, -0.15) is 8.42 Å². The van der Waals surface area contributed by atoms with Crippen LogP contribution in [0.2, 0.25) is 0 Å². The van der Waals surface area contributed by atoms with Crippen LogP contribution >= 0.6 is 0 Å². The summed E-state index contributed by atoms with van der Waals surface area (Å²) in [6.07, 6.45) is -22.4. The summed E-state index contributed by atoms with van der Waals surface area (Å²) >= 11 is 0. The molecule has 0 aromatic rings. The molecule has 22 nitrogen and oxygen atoms in total. The molecule has 23 heteroatoms. The number of ether oxygens (including phenoxy) is 6. The van der Waals surface area contributed by atoms with Gasteiger partial charge in [-0.25, -0.2) is 4.18 Å². The fourth-order valence-corrected chi connectivity index (χ4v) is 6.14. The molecule has 0 aromatic heterocycles. The Morgan fingerprint density at radius 2 is 1.13 bits per heavy atom. The number of rotatable bonds is 11. The number of hydrogen-bond acceptors (Lipinski definition) is 21. The van der Waals surface area contributed by atoms with Crippen LogP contribution in [0, 0.1) is 0 Å². The highest BCUT2D eigenvalue weighted by Crippen LogP contribution is 2.34. The molecule has 4 fully saturated rings. The van der Waals surface area contributed by atoms with Crippen LogP contribution in [-0.4, -0.2) is 185 Å². The van der Waals surface area contributed by atoms with Crippen LogP contribution in [0.25, 0.3) is 0 Å². The molecule has 18 N–H and O–H groups in total. The van der Waals surface area contributed by atoms with Crippen LogP contribution in [0.15, 0.2) is 0 Å². The van der Waals surface area contributed by atoms with Gasteiger partial charge in [0, 0.05) is 18.6 Å². The summed E-state index contributed by atoms with van der Waals surface area (Å²) in [5.41, 5.74) is 29.9. The summed E-state index contributed by atoms with van der Waals surface area (Å²) in [7, 11) is -4.95. The zero-order chi connectivity index (χ0) is 34.2. The molecule has 3 aliphatic heterocycles. The van der Waals surface area contributed by atoms with E-state index in [-0.39, 0.29) is 13.0 Å². The highest BCUT2D eigenvalue weighted by molar-refractivity contribution is 7.80. The van der Waals surface area contributed by atoms with Crippen molar-refractivity contribution in [3.05, 3.63) is 0 Å². The van der Waals surface area contributed by atoms with Crippen molar-refractivity contribution in [2.75, 3.05) is 19.8 Å². The lowest BCUT2D eigenvalue weighted by Gasteiger charge is -2.47. The Morgan fingerprint density at radius 3 is 1.67 bits per heavy atom. The smallest absolute Gasteiger partial charge is 0.394 e. The maximum atomic E-state index is 11.1. The summed E-state index contributed by atoms with van der Waals surface area (Å²) in [6.45, 7) is -1.85. The standard InChI is InChI=1S/C23H45N5O17S/c24-2-7-13(31)15(33)10(27)21(40-7)44-19-8(3-29)41-23(17(19)35)45-20-12(30)5(25)1-6(26)18(20)43-22-11(28)16(34)14(32)9(42-22)4-39-46(36,37)38/h5-23,29-35H,1-4,24-28H2,(H,36,37,38)/t5-,6+,7+,8-,9-,10-,11-,12+,13-,14-,15-,16-,17-,18-,19-,20-,21-,22-,23+/m1/s1. The van der Waals surface area contributed by atoms with Gasteiger partial charge in [0.05, 0.1) is 31.4 Å². The minimum atomic E-state index is -4.95. The molecule has 4 aliphatic rings. The van der Waals surface area contributed by atoms with E-state index >= 15 is 0 Å². The van der Waals surface area contributed by atoms with Crippen LogP contribution in [0.1, 0.15) is 6.42 Å². The lowest BCUT2D eigenvalue weighted by Crippen LogP contribution is -2.68. The van der Waals surface area contributed by atoms with Gasteiger partial charge < -0.3 is 92.8 Å². The first-order valence-corrected chi connectivity index (χ1v) is 15.8. The highest BCUT2D eigenvalue weighted by atomic mass is 32.3. The van der Waals surface area contributed by atoms with Crippen LogP contribution in [0.3, 0.4) is 0 Å². The molecule has 4 rings (SSSR count). The molecule has 19 atom stereocenters. The lowest BCUT2D eigenvalue weighted by atomic mass is 9.84. The maximum absolute atomic E-state index is 11.1. The number of aliphatic hydroxyl groups is 7. The Hall–Kier alpha value is -0.850. The molecule has 0 bridgehead atoms. The monoisotopic (exact) mass is 695 g/mol. The fourth-order valence-electron chi connectivity index (χ4n) is 5.84. The first-order chi connectivity index (χ1) is 21.5. The topological polar surface area (TPSA) is 391 Å². The molecular weight excluding hydrogens is 650 g/mol. The van der Waals surface area contributed by atoms with Crippen LogP contribution in [0.5, 0.6) is 0 Å². The summed E-state index contributed by atoms with van der Waals surface area (Å²) in [5.74, 6) is 0. The van der Waals surface area contributed by atoms with Gasteiger partial charge in [-0.15, -0.1) is 0 Å². The van der Waals surface area contributed by atoms with E-state index in [0.717, 1.165) is 0 Å². The molecule has 1 aliphatic carbocycles. The molecule has 3 saturated heterocycles. The third-order valence-corrected chi connectivity index (χ3v) is 8.95. The van der Waals surface area contributed by atoms with Crippen LogP contribution in [0.4, 0.5) is 0 Å². The number of nitrogens with two attached hydrogens (primary N) is 5. The van der Waals surface area contributed by atoms with Crippen molar-refractivity contribution in [1.29, 1.82) is 0 Å². The Labute approximate surface area is 263 Å². The van der Waals surface area contributed by atoms with Gasteiger partial charge in [0.15, 0.2) is 18.9 Å². The van der Waals surface area contributed by atoms with Gasteiger partial charge in [0.2, 0.25) is 0 Å². The number of hydrogen-bond donors (Lipinski definition) is 13. The van der Waals surface area contributed by atoms with Gasteiger partial charge in [-0.1, -0.05) is 0 Å². The Balaban J connectivity index is 1.50. The van der Waals surface area contributed by atoms with Crippen molar-refractivity contribution in [1.82, 2.24) is 0 Å². The van der Waals surface area contributed by atoms with E-state index in [1.165, 1.54) is 0 Å². The first-order valence-electron chi connectivity index (χ1n) is 14.4. The van der Waals surface area contributed by atoms with Crippen molar-refractivity contribution < 1.29 is 81.3 Å². The van der Waals surface area contributed by atoms with E-state index in [1.807, 2.05) is 0 Å². The minimum Gasteiger partial charge on any atom is -0.394 e. The molecule has 0 aromatic carbocycles. The molecule has 46 heavy (non-hydrogen) atoms. The van der Waals surface area contributed by atoms with E-state index in [9.17, 15) is 44.2 Å². The van der Waals surface area contributed by atoms with E-state index in [0.29, 0.717) is 0 Å². The number of aliphatic hydroxyl groups excluding tert-OH is 7. The molecule has 1 saturated carbocycles. The second-order valence-electron chi connectivity index (χ2n) is 11.7. The van der Waals surface area contributed by atoms with Gasteiger partial charge in [-0.3, -0.25) is 4.55 Å². The van der Waals surface area contributed by atoms with Crippen molar-refractivity contribution in [3.63, 3.8) is 0 Å². The van der Waals surface area contributed by atoms with E-state index in [1.54, 1.807) is 0 Å². The van der Waals surface area contributed by atoms with Crippen molar-refractivity contribution >= 4 is 10.4 Å². The zero-order valence-corrected chi connectivity index (χ0v) is 25.2. The Bertz CT molecular complexity index is 1100. The normalized spacial score (nSPS) is 50.5. The molecule has 0 spiro atoms. The Morgan fingerprint density at radius 1 is 0.630 bits per heavy atom. The van der Waals surface area contributed by atoms with Crippen LogP contribution < -0.4 is 28.7 Å². The zero-order valence-electron chi connectivity index (χ0n) is 24.3. The molecular formula is C23H45N5O17S. The van der Waals surface area contributed by atoms with E-state index in [4.69, 9.17) is 61.6 Å². The van der Waals surface area contributed by atoms with Gasteiger partial charge in [-0.05, 0) is 6.42 Å². The minimum absolute atomic E-state index is 0.0272. The predicted molar refractivity (Wildman–Crippen MR) is 147 cm³/mol.